The van der Waals surface area contributed by atoms with Crippen LogP contribution in [-0.4, -0.2) is 48.2 Å². The van der Waals surface area contributed by atoms with Crippen LogP contribution in [0.1, 0.15) is 37.7 Å². The number of fused-ring (bicyclic) bond motifs is 1. The van der Waals surface area contributed by atoms with Crippen LogP contribution in [0.2, 0.25) is 0 Å². The molecule has 1 saturated carbocycles. The zero-order chi connectivity index (χ0) is 15.4. The molecule has 3 rings (SSSR count). The summed E-state index contributed by atoms with van der Waals surface area (Å²) in [5.74, 6) is 0.225. The fourth-order valence-electron chi connectivity index (χ4n) is 3.31. The molecule has 0 spiro atoms. The van der Waals surface area contributed by atoms with E-state index in [-0.39, 0.29) is 12.5 Å². The lowest BCUT2D eigenvalue weighted by atomic mass is 10.0. The minimum absolute atomic E-state index is 0.225. The van der Waals surface area contributed by atoms with E-state index in [2.05, 4.69) is 23.1 Å². The fraction of sp³-hybridized carbons (Fsp3) is 0.611. The number of carbonyl (C=O) groups excluding carboxylic acids is 1. The highest BCUT2D eigenvalue weighted by Gasteiger charge is 2.32. The number of aliphatic hydroxyl groups is 1. The summed E-state index contributed by atoms with van der Waals surface area (Å²) < 4.78 is 0. The van der Waals surface area contributed by atoms with Crippen molar-refractivity contribution in [1.29, 1.82) is 0 Å². The maximum atomic E-state index is 12.8. The molecule has 0 aromatic heterocycles. The zero-order valence-electron chi connectivity index (χ0n) is 13.2. The van der Waals surface area contributed by atoms with Crippen molar-refractivity contribution in [2.24, 2.45) is 0 Å². The van der Waals surface area contributed by atoms with Gasteiger partial charge in [-0.1, -0.05) is 18.2 Å². The van der Waals surface area contributed by atoms with Gasteiger partial charge in [0.15, 0.2) is 0 Å². The molecule has 0 atom stereocenters. The molecule has 1 aromatic rings. The van der Waals surface area contributed by atoms with Gasteiger partial charge in [0.1, 0.15) is 0 Å². The number of hydrogen-bond donors (Lipinski definition) is 1. The quantitative estimate of drug-likeness (QED) is 0.785. The lowest BCUT2D eigenvalue weighted by Gasteiger charge is -2.32. The molecule has 1 N–H and O–H groups in total. The van der Waals surface area contributed by atoms with E-state index < -0.39 is 0 Å². The van der Waals surface area contributed by atoms with Crippen LogP contribution in [0.15, 0.2) is 24.3 Å². The average Bonchev–Trinajstić information content (AvgIpc) is 3.38. The predicted molar refractivity (Wildman–Crippen MR) is 88.0 cm³/mol. The first-order valence-electron chi connectivity index (χ1n) is 8.53. The van der Waals surface area contributed by atoms with Crippen molar-refractivity contribution >= 4 is 11.6 Å². The highest BCUT2D eigenvalue weighted by molar-refractivity contribution is 5.96. The summed E-state index contributed by atoms with van der Waals surface area (Å²) in [5.41, 5.74) is 2.39. The molecule has 120 valence electrons. The van der Waals surface area contributed by atoms with E-state index >= 15 is 0 Å². The van der Waals surface area contributed by atoms with E-state index in [1.165, 1.54) is 18.4 Å². The van der Waals surface area contributed by atoms with Crippen LogP contribution in [0, 0.1) is 0 Å². The second kappa shape index (κ2) is 7.25. The van der Waals surface area contributed by atoms with Gasteiger partial charge in [-0.15, -0.1) is 0 Å². The normalized spacial score (nSPS) is 17.6. The molecule has 1 aromatic carbocycles. The summed E-state index contributed by atoms with van der Waals surface area (Å²) >= 11 is 0. The van der Waals surface area contributed by atoms with Gasteiger partial charge in [0.25, 0.3) is 0 Å². The van der Waals surface area contributed by atoms with Gasteiger partial charge in [0.2, 0.25) is 5.91 Å². The number of unbranched alkanes of at least 4 members (excludes halogenated alkanes) is 1. The van der Waals surface area contributed by atoms with Crippen molar-refractivity contribution in [2.75, 3.05) is 31.1 Å². The van der Waals surface area contributed by atoms with Crippen LogP contribution >= 0.6 is 0 Å². The van der Waals surface area contributed by atoms with Crippen molar-refractivity contribution < 1.29 is 9.90 Å². The molecule has 4 heteroatoms. The van der Waals surface area contributed by atoms with Crippen LogP contribution in [-0.2, 0) is 11.2 Å². The largest absolute Gasteiger partial charge is 0.396 e. The minimum Gasteiger partial charge on any atom is -0.396 e. The first-order chi connectivity index (χ1) is 10.8. The lowest BCUT2D eigenvalue weighted by Crippen LogP contribution is -2.43. The number of rotatable bonds is 7. The minimum atomic E-state index is 0.225. The standard InChI is InChI=1S/C18H26N2O2/c21-13-4-3-11-19(16-9-10-16)14-18(22)20-12-5-7-15-6-1-2-8-17(15)20/h1-2,6,8,16,21H,3-5,7,9-14H2. The van der Waals surface area contributed by atoms with Crippen LogP contribution in [0.5, 0.6) is 0 Å². The molecular weight excluding hydrogens is 276 g/mol. The topological polar surface area (TPSA) is 43.8 Å². The number of nitrogens with zero attached hydrogens (tertiary/aromatic N) is 2. The first kappa shape index (κ1) is 15.5. The number of amides is 1. The van der Waals surface area contributed by atoms with Crippen molar-refractivity contribution in [1.82, 2.24) is 4.90 Å². The average molecular weight is 302 g/mol. The Morgan fingerprint density at radius 3 is 2.86 bits per heavy atom. The Bertz CT molecular complexity index is 514. The molecule has 1 aliphatic carbocycles. The van der Waals surface area contributed by atoms with E-state index in [0.717, 1.165) is 44.5 Å². The van der Waals surface area contributed by atoms with Gasteiger partial charge in [-0.2, -0.15) is 0 Å². The van der Waals surface area contributed by atoms with E-state index in [4.69, 9.17) is 5.11 Å². The van der Waals surface area contributed by atoms with Gasteiger partial charge in [-0.25, -0.2) is 0 Å². The maximum Gasteiger partial charge on any atom is 0.241 e. The van der Waals surface area contributed by atoms with Crippen LogP contribution in [0.4, 0.5) is 5.69 Å². The highest BCUT2D eigenvalue weighted by Crippen LogP contribution is 2.29. The fourth-order valence-corrected chi connectivity index (χ4v) is 3.31. The summed E-state index contributed by atoms with van der Waals surface area (Å²) in [4.78, 5) is 17.1. The Labute approximate surface area is 132 Å². The second-order valence-corrected chi connectivity index (χ2v) is 6.41. The Kier molecular flexibility index (Phi) is 5.11. The third-order valence-corrected chi connectivity index (χ3v) is 4.67. The van der Waals surface area contributed by atoms with E-state index in [9.17, 15) is 4.79 Å². The molecule has 0 bridgehead atoms. The number of hydrogen-bond acceptors (Lipinski definition) is 3. The van der Waals surface area contributed by atoms with Crippen LogP contribution < -0.4 is 4.90 Å². The molecule has 0 radical (unpaired) electrons. The molecule has 0 unspecified atom stereocenters. The number of para-hydroxylation sites is 1. The predicted octanol–water partition coefficient (Wildman–Crippen LogP) is 2.20. The molecule has 4 nitrogen and oxygen atoms in total. The summed E-state index contributed by atoms with van der Waals surface area (Å²) in [7, 11) is 0. The van der Waals surface area contributed by atoms with Gasteiger partial charge < -0.3 is 10.0 Å². The van der Waals surface area contributed by atoms with Crippen molar-refractivity contribution in [3.05, 3.63) is 29.8 Å². The summed E-state index contributed by atoms with van der Waals surface area (Å²) in [6.07, 6.45) is 6.34. The number of carbonyl (C=O) groups is 1. The first-order valence-corrected chi connectivity index (χ1v) is 8.53. The Balaban J connectivity index is 1.63. The van der Waals surface area contributed by atoms with Crippen molar-refractivity contribution in [3.8, 4) is 0 Å². The molecular formula is C18H26N2O2. The molecule has 1 amide bonds. The van der Waals surface area contributed by atoms with Crippen molar-refractivity contribution in [3.63, 3.8) is 0 Å². The Hall–Kier alpha value is -1.39. The van der Waals surface area contributed by atoms with Crippen LogP contribution in [0.25, 0.3) is 0 Å². The van der Waals surface area contributed by atoms with Gasteiger partial charge in [0, 0.05) is 24.9 Å². The number of benzene rings is 1. The van der Waals surface area contributed by atoms with E-state index in [1.54, 1.807) is 0 Å². The summed E-state index contributed by atoms with van der Waals surface area (Å²) in [5, 5.41) is 8.93. The highest BCUT2D eigenvalue weighted by atomic mass is 16.3. The Morgan fingerprint density at radius 1 is 1.27 bits per heavy atom. The van der Waals surface area contributed by atoms with Gasteiger partial charge in [-0.3, -0.25) is 9.69 Å². The van der Waals surface area contributed by atoms with Gasteiger partial charge >= 0.3 is 0 Å². The number of aliphatic hydroxyl groups excluding tert-OH is 1. The van der Waals surface area contributed by atoms with Gasteiger partial charge in [-0.05, 0) is 56.7 Å². The van der Waals surface area contributed by atoms with E-state index in [0.29, 0.717) is 12.6 Å². The van der Waals surface area contributed by atoms with Crippen LogP contribution in [0.3, 0.4) is 0 Å². The zero-order valence-corrected chi connectivity index (χ0v) is 13.2. The molecule has 2 aliphatic rings. The maximum absolute atomic E-state index is 12.8. The smallest absolute Gasteiger partial charge is 0.241 e. The molecule has 22 heavy (non-hydrogen) atoms. The number of anilines is 1. The number of aryl methyl sites for hydroxylation is 1. The monoisotopic (exact) mass is 302 g/mol. The van der Waals surface area contributed by atoms with Gasteiger partial charge in [0.05, 0.1) is 6.54 Å². The SMILES string of the molecule is O=C(CN(CCCCO)C1CC1)N1CCCc2ccccc21. The second-order valence-electron chi connectivity index (χ2n) is 6.41. The van der Waals surface area contributed by atoms with Crippen molar-refractivity contribution in [2.45, 2.75) is 44.6 Å². The Morgan fingerprint density at radius 2 is 2.09 bits per heavy atom. The molecule has 1 fully saturated rings. The summed E-state index contributed by atoms with van der Waals surface area (Å²) in [6, 6.07) is 8.86. The van der Waals surface area contributed by atoms with E-state index in [1.807, 2.05) is 11.0 Å². The third kappa shape index (κ3) is 3.68. The lowest BCUT2D eigenvalue weighted by molar-refractivity contribution is -0.120. The summed E-state index contributed by atoms with van der Waals surface area (Å²) in [6.45, 7) is 2.52. The molecule has 1 aliphatic heterocycles. The third-order valence-electron chi connectivity index (χ3n) is 4.67. The molecule has 1 heterocycles. The molecule has 0 saturated heterocycles.